The number of halogens is 6. The molecule has 1 atom stereocenters. The average Bonchev–Trinajstić information content (AvgIpc) is 2.73. The third-order valence-corrected chi connectivity index (χ3v) is 4.78. The highest BCUT2D eigenvalue weighted by atomic mass is 19.4. The van der Waals surface area contributed by atoms with Crippen LogP contribution >= 0.6 is 0 Å². The highest BCUT2D eigenvalue weighted by Gasteiger charge is 2.64. The number of allylic oxidation sites excluding steroid dienone is 1. The third kappa shape index (κ3) is 4.06. The van der Waals surface area contributed by atoms with Gasteiger partial charge >= 0.3 is 18.1 Å². The van der Waals surface area contributed by atoms with Crippen LogP contribution in [0.3, 0.4) is 0 Å². The standard InChI is InChI=1S/C21H17F6N3O2/c1-3-32-18(31)15-16(20(23,24)21(25,26)27)29-17(14-6-4-5-11-28-14)30-19(15,2)12-7-9-13(22)10-8-12/h4-11H,3H2,1-2H3,(H,29,30). The molecule has 2 heterocycles. The molecule has 1 aromatic carbocycles. The predicted molar refractivity (Wildman–Crippen MR) is 102 cm³/mol. The number of ether oxygens (including phenoxy) is 1. The van der Waals surface area contributed by atoms with Gasteiger partial charge in [0, 0.05) is 6.20 Å². The molecular formula is C21H17F6N3O2. The molecule has 1 N–H and O–H groups in total. The number of esters is 1. The maximum Gasteiger partial charge on any atom is 0.459 e. The molecule has 0 saturated heterocycles. The van der Waals surface area contributed by atoms with Crippen molar-refractivity contribution in [1.29, 1.82) is 0 Å². The number of carbonyl (C=O) groups is 1. The van der Waals surface area contributed by atoms with Crippen LogP contribution in [0.4, 0.5) is 26.3 Å². The SMILES string of the molecule is CCOC(=O)C1=C(C(F)(F)C(F)(F)F)NC(c2ccccn2)=NC1(C)c1ccc(F)cc1. The summed E-state index contributed by atoms with van der Waals surface area (Å²) in [4.78, 5) is 20.9. The van der Waals surface area contributed by atoms with Crippen molar-refractivity contribution < 1.29 is 35.9 Å². The van der Waals surface area contributed by atoms with E-state index >= 15 is 0 Å². The largest absolute Gasteiger partial charge is 0.463 e. The molecule has 1 aliphatic rings. The molecule has 0 saturated carbocycles. The molecule has 3 rings (SSSR count). The van der Waals surface area contributed by atoms with Gasteiger partial charge in [0.2, 0.25) is 0 Å². The second-order valence-electron chi connectivity index (χ2n) is 6.92. The Bertz CT molecular complexity index is 1070. The van der Waals surface area contributed by atoms with Gasteiger partial charge in [-0.25, -0.2) is 14.2 Å². The van der Waals surface area contributed by atoms with Crippen molar-refractivity contribution in [1.82, 2.24) is 10.3 Å². The van der Waals surface area contributed by atoms with Crippen molar-refractivity contribution in [2.45, 2.75) is 31.5 Å². The van der Waals surface area contributed by atoms with E-state index in [0.717, 1.165) is 24.3 Å². The highest BCUT2D eigenvalue weighted by Crippen LogP contribution is 2.47. The first-order valence-electron chi connectivity index (χ1n) is 9.33. The van der Waals surface area contributed by atoms with Gasteiger partial charge in [-0.05, 0) is 43.7 Å². The number of alkyl halides is 5. The number of aliphatic imine (C=N–C) groups is 1. The summed E-state index contributed by atoms with van der Waals surface area (Å²) in [5.74, 6) is -7.99. The normalized spacial score (nSPS) is 19.3. The molecule has 0 radical (unpaired) electrons. The van der Waals surface area contributed by atoms with Crippen LogP contribution in [-0.4, -0.2) is 35.5 Å². The van der Waals surface area contributed by atoms with E-state index in [1.165, 1.54) is 38.2 Å². The van der Waals surface area contributed by atoms with Crippen LogP contribution in [0.2, 0.25) is 0 Å². The summed E-state index contributed by atoms with van der Waals surface area (Å²) >= 11 is 0. The summed E-state index contributed by atoms with van der Waals surface area (Å²) in [5, 5.41) is 1.96. The topological polar surface area (TPSA) is 63.6 Å². The Labute approximate surface area is 178 Å². The van der Waals surface area contributed by atoms with E-state index < -0.39 is 46.5 Å². The van der Waals surface area contributed by atoms with Crippen LogP contribution in [0.1, 0.15) is 25.1 Å². The Morgan fingerprint density at radius 1 is 1.09 bits per heavy atom. The predicted octanol–water partition coefficient (Wildman–Crippen LogP) is 4.50. The summed E-state index contributed by atoms with van der Waals surface area (Å²) < 4.78 is 87.9. The molecule has 1 aliphatic heterocycles. The molecule has 0 bridgehead atoms. The van der Waals surface area contributed by atoms with Crippen molar-refractivity contribution >= 4 is 11.8 Å². The van der Waals surface area contributed by atoms with E-state index in [-0.39, 0.29) is 17.9 Å². The second-order valence-corrected chi connectivity index (χ2v) is 6.92. The molecular weight excluding hydrogens is 440 g/mol. The number of nitrogens with one attached hydrogen (secondary N) is 1. The van der Waals surface area contributed by atoms with Crippen molar-refractivity contribution in [3.05, 3.63) is 77.0 Å². The van der Waals surface area contributed by atoms with Gasteiger partial charge in [-0.3, -0.25) is 4.98 Å². The van der Waals surface area contributed by atoms with E-state index in [4.69, 9.17) is 4.74 Å². The minimum atomic E-state index is -6.04. The fraction of sp³-hybridized carbons (Fsp3) is 0.286. The van der Waals surface area contributed by atoms with Crippen molar-refractivity contribution in [2.24, 2.45) is 4.99 Å². The van der Waals surface area contributed by atoms with Crippen molar-refractivity contribution in [3.8, 4) is 0 Å². The molecule has 0 spiro atoms. The van der Waals surface area contributed by atoms with Gasteiger partial charge < -0.3 is 10.1 Å². The number of hydrogen-bond acceptors (Lipinski definition) is 5. The monoisotopic (exact) mass is 457 g/mol. The number of nitrogens with zero attached hydrogens (tertiary/aromatic N) is 2. The van der Waals surface area contributed by atoms with Crippen molar-refractivity contribution in [3.63, 3.8) is 0 Å². The number of pyridine rings is 1. The van der Waals surface area contributed by atoms with Crippen LogP contribution < -0.4 is 5.32 Å². The summed E-state index contributed by atoms with van der Waals surface area (Å²) in [6.45, 7) is 2.25. The van der Waals surface area contributed by atoms with E-state index in [2.05, 4.69) is 9.98 Å². The molecule has 0 aliphatic carbocycles. The maximum atomic E-state index is 14.7. The van der Waals surface area contributed by atoms with Crippen LogP contribution in [0.15, 0.2) is 64.9 Å². The zero-order valence-electron chi connectivity index (χ0n) is 16.8. The molecule has 11 heteroatoms. The molecule has 2 aromatic rings. The number of carbonyl (C=O) groups excluding carboxylic acids is 1. The Morgan fingerprint density at radius 2 is 1.75 bits per heavy atom. The van der Waals surface area contributed by atoms with Gasteiger partial charge in [-0.1, -0.05) is 18.2 Å². The lowest BCUT2D eigenvalue weighted by atomic mass is 9.81. The first kappa shape index (κ1) is 23.3. The minimum absolute atomic E-state index is 0.00708. The van der Waals surface area contributed by atoms with Gasteiger partial charge in [0.05, 0.1) is 12.2 Å². The lowest BCUT2D eigenvalue weighted by molar-refractivity contribution is -0.266. The number of rotatable bonds is 5. The molecule has 170 valence electrons. The number of aromatic nitrogens is 1. The molecule has 0 amide bonds. The van der Waals surface area contributed by atoms with Crippen LogP contribution in [0.5, 0.6) is 0 Å². The Morgan fingerprint density at radius 3 is 2.28 bits per heavy atom. The van der Waals surface area contributed by atoms with E-state index in [1.807, 2.05) is 5.32 Å². The fourth-order valence-electron chi connectivity index (χ4n) is 3.22. The lowest BCUT2D eigenvalue weighted by Crippen LogP contribution is -2.51. The van der Waals surface area contributed by atoms with E-state index in [1.54, 1.807) is 0 Å². The number of benzene rings is 1. The summed E-state index contributed by atoms with van der Waals surface area (Å²) in [7, 11) is 0. The third-order valence-electron chi connectivity index (χ3n) is 4.78. The van der Waals surface area contributed by atoms with E-state index in [0.29, 0.717) is 0 Å². The minimum Gasteiger partial charge on any atom is -0.463 e. The summed E-state index contributed by atoms with van der Waals surface area (Å²) in [5.41, 5.74) is -4.91. The van der Waals surface area contributed by atoms with Gasteiger partial charge in [-0.2, -0.15) is 22.0 Å². The smallest absolute Gasteiger partial charge is 0.459 e. The first-order valence-corrected chi connectivity index (χ1v) is 9.33. The molecule has 0 fully saturated rings. The second kappa shape index (κ2) is 8.29. The van der Waals surface area contributed by atoms with Gasteiger partial charge in [0.25, 0.3) is 0 Å². The van der Waals surface area contributed by atoms with Crippen LogP contribution in [-0.2, 0) is 15.1 Å². The summed E-state index contributed by atoms with van der Waals surface area (Å²) in [6, 6.07) is 8.57. The van der Waals surface area contributed by atoms with Gasteiger partial charge in [0.15, 0.2) is 5.84 Å². The quantitative estimate of drug-likeness (QED) is 0.531. The molecule has 1 unspecified atom stereocenters. The molecule has 32 heavy (non-hydrogen) atoms. The first-order chi connectivity index (χ1) is 14.9. The average molecular weight is 457 g/mol. The van der Waals surface area contributed by atoms with Gasteiger partial charge in [0.1, 0.15) is 22.7 Å². The van der Waals surface area contributed by atoms with Crippen molar-refractivity contribution in [2.75, 3.05) is 6.61 Å². The zero-order valence-corrected chi connectivity index (χ0v) is 16.8. The highest BCUT2D eigenvalue weighted by molar-refractivity contribution is 6.03. The van der Waals surface area contributed by atoms with Crippen LogP contribution in [0.25, 0.3) is 0 Å². The summed E-state index contributed by atoms with van der Waals surface area (Å²) in [6.07, 6.45) is -4.75. The lowest BCUT2D eigenvalue weighted by Gasteiger charge is -2.37. The zero-order chi connectivity index (χ0) is 23.7. The Hall–Kier alpha value is -3.37. The Balaban J connectivity index is 2.37. The molecule has 1 aromatic heterocycles. The van der Waals surface area contributed by atoms with E-state index in [9.17, 15) is 31.1 Å². The fourth-order valence-corrected chi connectivity index (χ4v) is 3.22. The Kier molecular flexibility index (Phi) is 6.03. The molecule has 5 nitrogen and oxygen atoms in total. The number of amidine groups is 1. The van der Waals surface area contributed by atoms with Gasteiger partial charge in [-0.15, -0.1) is 0 Å². The van der Waals surface area contributed by atoms with Crippen LogP contribution in [0, 0.1) is 5.82 Å². The number of hydrogen-bond donors (Lipinski definition) is 1. The maximum absolute atomic E-state index is 14.7.